The Kier molecular flexibility index (Phi) is 3.22. The molecule has 16 heavy (non-hydrogen) atoms. The van der Waals surface area contributed by atoms with Crippen molar-refractivity contribution in [1.29, 1.82) is 0 Å². The van der Waals surface area contributed by atoms with Crippen LogP contribution in [0.25, 0.3) is 0 Å². The molecule has 0 atom stereocenters. The number of nitrogens with two attached hydrogens (primary N) is 1. The summed E-state index contributed by atoms with van der Waals surface area (Å²) in [5.41, 5.74) is 7.18. The zero-order valence-electron chi connectivity index (χ0n) is 8.53. The number of hydrogen-bond donors (Lipinski definition) is 1. The largest absolute Gasteiger partial charge is 0.325 e. The van der Waals surface area contributed by atoms with Gasteiger partial charge in [0.1, 0.15) is 5.82 Å². The van der Waals surface area contributed by atoms with Crippen molar-refractivity contribution in [1.82, 2.24) is 9.78 Å². The molecular formula is C11H11ClFN3. The van der Waals surface area contributed by atoms with Crippen molar-refractivity contribution >= 4 is 11.6 Å². The first-order valence-electron chi connectivity index (χ1n) is 4.85. The van der Waals surface area contributed by atoms with Crippen molar-refractivity contribution in [2.24, 2.45) is 5.73 Å². The summed E-state index contributed by atoms with van der Waals surface area (Å²) >= 11 is 5.69. The summed E-state index contributed by atoms with van der Waals surface area (Å²) in [6.45, 7) is 0.969. The van der Waals surface area contributed by atoms with Crippen molar-refractivity contribution in [2.45, 2.75) is 13.1 Å². The normalized spacial score (nSPS) is 10.7. The Morgan fingerprint density at radius 3 is 2.81 bits per heavy atom. The number of nitrogens with zero attached hydrogens (tertiary/aromatic N) is 2. The highest BCUT2D eigenvalue weighted by atomic mass is 35.5. The minimum atomic E-state index is -0.409. The van der Waals surface area contributed by atoms with E-state index in [2.05, 4.69) is 5.10 Å². The first-order valence-corrected chi connectivity index (χ1v) is 5.23. The van der Waals surface area contributed by atoms with E-state index in [1.807, 2.05) is 12.3 Å². The monoisotopic (exact) mass is 239 g/mol. The highest BCUT2D eigenvalue weighted by molar-refractivity contribution is 6.30. The Balaban J connectivity index is 2.17. The molecule has 0 spiro atoms. The van der Waals surface area contributed by atoms with Crippen LogP contribution in [0.1, 0.15) is 11.3 Å². The van der Waals surface area contributed by atoms with E-state index in [0.29, 0.717) is 13.1 Å². The number of halogens is 2. The number of hydrogen-bond acceptors (Lipinski definition) is 2. The SMILES string of the molecule is NCc1ccn(Cc2ccc(F)c(Cl)c2)n1. The molecule has 0 amide bonds. The zero-order chi connectivity index (χ0) is 11.5. The van der Waals surface area contributed by atoms with Crippen molar-refractivity contribution in [3.8, 4) is 0 Å². The molecule has 0 aliphatic heterocycles. The molecule has 1 aromatic heterocycles. The van der Waals surface area contributed by atoms with E-state index in [-0.39, 0.29) is 5.02 Å². The van der Waals surface area contributed by atoms with Gasteiger partial charge in [-0.05, 0) is 23.8 Å². The molecule has 0 saturated heterocycles. The lowest BCUT2D eigenvalue weighted by Gasteiger charge is -2.03. The van der Waals surface area contributed by atoms with Crippen LogP contribution < -0.4 is 5.73 Å². The van der Waals surface area contributed by atoms with Crippen molar-refractivity contribution in [2.75, 3.05) is 0 Å². The Hall–Kier alpha value is -1.39. The average Bonchev–Trinajstić information content (AvgIpc) is 2.71. The van der Waals surface area contributed by atoms with Gasteiger partial charge in [0.15, 0.2) is 0 Å². The molecule has 0 saturated carbocycles. The summed E-state index contributed by atoms with van der Waals surface area (Å²) in [5, 5.41) is 4.36. The van der Waals surface area contributed by atoms with Crippen molar-refractivity contribution in [3.63, 3.8) is 0 Å². The number of rotatable bonds is 3. The van der Waals surface area contributed by atoms with Gasteiger partial charge in [-0.3, -0.25) is 4.68 Å². The van der Waals surface area contributed by atoms with Gasteiger partial charge in [-0.15, -0.1) is 0 Å². The molecule has 0 bridgehead atoms. The molecule has 84 valence electrons. The van der Waals surface area contributed by atoms with E-state index in [0.717, 1.165) is 11.3 Å². The van der Waals surface area contributed by atoms with Crippen molar-refractivity contribution < 1.29 is 4.39 Å². The van der Waals surface area contributed by atoms with Crippen LogP contribution in [0.4, 0.5) is 4.39 Å². The second-order valence-electron chi connectivity index (χ2n) is 3.46. The highest BCUT2D eigenvalue weighted by Crippen LogP contribution is 2.16. The second-order valence-corrected chi connectivity index (χ2v) is 3.86. The summed E-state index contributed by atoms with van der Waals surface area (Å²) in [5.74, 6) is -0.409. The first-order chi connectivity index (χ1) is 7.69. The van der Waals surface area contributed by atoms with Gasteiger partial charge in [-0.25, -0.2) is 4.39 Å². The fourth-order valence-electron chi connectivity index (χ4n) is 1.43. The van der Waals surface area contributed by atoms with E-state index < -0.39 is 5.82 Å². The minimum Gasteiger partial charge on any atom is -0.325 e. The molecule has 2 rings (SSSR count). The summed E-state index contributed by atoms with van der Waals surface area (Å²) < 4.78 is 14.7. The maximum atomic E-state index is 12.9. The zero-order valence-corrected chi connectivity index (χ0v) is 9.28. The molecule has 0 aliphatic carbocycles. The second kappa shape index (κ2) is 4.63. The van der Waals surface area contributed by atoms with Gasteiger partial charge in [-0.1, -0.05) is 17.7 Å². The Morgan fingerprint density at radius 1 is 1.38 bits per heavy atom. The minimum absolute atomic E-state index is 0.128. The highest BCUT2D eigenvalue weighted by Gasteiger charge is 2.02. The molecule has 2 N–H and O–H groups in total. The molecule has 5 heteroatoms. The molecular weight excluding hydrogens is 229 g/mol. The molecule has 0 unspecified atom stereocenters. The lowest BCUT2D eigenvalue weighted by Crippen LogP contribution is -2.03. The van der Waals surface area contributed by atoms with Crippen LogP contribution in [-0.4, -0.2) is 9.78 Å². The molecule has 1 aromatic carbocycles. The predicted molar refractivity (Wildman–Crippen MR) is 60.6 cm³/mol. The lowest BCUT2D eigenvalue weighted by molar-refractivity contribution is 0.624. The summed E-state index contributed by atoms with van der Waals surface area (Å²) in [4.78, 5) is 0. The quantitative estimate of drug-likeness (QED) is 0.892. The van der Waals surface area contributed by atoms with Gasteiger partial charge >= 0.3 is 0 Å². The average molecular weight is 240 g/mol. The van der Waals surface area contributed by atoms with Crippen LogP contribution in [0.2, 0.25) is 5.02 Å². The molecule has 0 radical (unpaired) electrons. The number of aromatic nitrogens is 2. The standard InChI is InChI=1S/C11H11ClFN3/c12-10-5-8(1-2-11(10)13)7-16-4-3-9(6-14)15-16/h1-5H,6-7,14H2. The Bertz CT molecular complexity index is 496. The van der Waals surface area contributed by atoms with E-state index in [4.69, 9.17) is 17.3 Å². The van der Waals surface area contributed by atoms with E-state index in [1.165, 1.54) is 6.07 Å². The Labute approximate surface area is 97.6 Å². The van der Waals surface area contributed by atoms with E-state index >= 15 is 0 Å². The summed E-state index contributed by atoms with van der Waals surface area (Å²) in [6.07, 6.45) is 1.83. The van der Waals surface area contributed by atoms with Crippen LogP contribution in [-0.2, 0) is 13.1 Å². The van der Waals surface area contributed by atoms with Crippen LogP contribution >= 0.6 is 11.6 Å². The van der Waals surface area contributed by atoms with Crippen LogP contribution in [0.5, 0.6) is 0 Å². The Morgan fingerprint density at radius 2 is 2.19 bits per heavy atom. The van der Waals surface area contributed by atoms with Gasteiger partial charge in [0.25, 0.3) is 0 Å². The molecule has 0 fully saturated rings. The fourth-order valence-corrected chi connectivity index (χ4v) is 1.63. The summed E-state index contributed by atoms with van der Waals surface area (Å²) in [6, 6.07) is 6.49. The first kappa shape index (κ1) is 11.1. The molecule has 3 nitrogen and oxygen atoms in total. The van der Waals surface area contributed by atoms with E-state index in [1.54, 1.807) is 16.8 Å². The smallest absolute Gasteiger partial charge is 0.141 e. The maximum Gasteiger partial charge on any atom is 0.141 e. The van der Waals surface area contributed by atoms with Gasteiger partial charge in [0, 0.05) is 12.7 Å². The van der Waals surface area contributed by atoms with Crippen LogP contribution in [0.3, 0.4) is 0 Å². The van der Waals surface area contributed by atoms with Crippen molar-refractivity contribution in [3.05, 3.63) is 52.6 Å². The lowest BCUT2D eigenvalue weighted by atomic mass is 10.2. The fraction of sp³-hybridized carbons (Fsp3) is 0.182. The van der Waals surface area contributed by atoms with Gasteiger partial charge in [-0.2, -0.15) is 5.10 Å². The van der Waals surface area contributed by atoms with Gasteiger partial charge < -0.3 is 5.73 Å². The third kappa shape index (κ3) is 2.40. The molecule has 2 aromatic rings. The number of benzene rings is 1. The third-order valence-electron chi connectivity index (χ3n) is 2.23. The third-order valence-corrected chi connectivity index (χ3v) is 2.52. The van der Waals surface area contributed by atoms with Crippen LogP contribution in [0.15, 0.2) is 30.5 Å². The predicted octanol–water partition coefficient (Wildman–Crippen LogP) is 2.18. The maximum absolute atomic E-state index is 12.9. The van der Waals surface area contributed by atoms with Gasteiger partial charge in [0.2, 0.25) is 0 Å². The molecule has 0 aliphatic rings. The molecule has 1 heterocycles. The summed E-state index contributed by atoms with van der Waals surface area (Å²) in [7, 11) is 0. The van der Waals surface area contributed by atoms with Crippen LogP contribution in [0, 0.1) is 5.82 Å². The van der Waals surface area contributed by atoms with E-state index in [9.17, 15) is 4.39 Å². The van der Waals surface area contributed by atoms with Gasteiger partial charge in [0.05, 0.1) is 17.3 Å². The topological polar surface area (TPSA) is 43.8 Å².